The van der Waals surface area contributed by atoms with Gasteiger partial charge in [0.05, 0.1) is 11.6 Å². The Morgan fingerprint density at radius 2 is 2.31 bits per heavy atom. The number of phenols is 1. The van der Waals surface area contributed by atoms with Gasteiger partial charge in [-0.15, -0.1) is 0 Å². The van der Waals surface area contributed by atoms with Crippen LogP contribution in [0.2, 0.25) is 5.02 Å². The molecule has 3 heteroatoms. The van der Waals surface area contributed by atoms with E-state index in [-0.39, 0.29) is 5.75 Å². The Bertz CT molecular complexity index is 321. The van der Waals surface area contributed by atoms with Gasteiger partial charge in [-0.05, 0) is 18.6 Å². The average Bonchev–Trinajstić information content (AvgIpc) is 2.10. The average molecular weight is 199 g/mol. The summed E-state index contributed by atoms with van der Waals surface area (Å²) in [6.45, 7) is 5.96. The molecule has 0 radical (unpaired) electrons. The molecule has 0 aliphatic heterocycles. The van der Waals surface area contributed by atoms with Gasteiger partial charge in [0.2, 0.25) is 0 Å². The van der Waals surface area contributed by atoms with E-state index >= 15 is 0 Å². The molecule has 0 aromatic heterocycles. The number of rotatable bonds is 3. The summed E-state index contributed by atoms with van der Waals surface area (Å²) in [6, 6.07) is 3.11. The first kappa shape index (κ1) is 9.93. The molecule has 0 unspecified atom stereocenters. The van der Waals surface area contributed by atoms with Gasteiger partial charge in [0.1, 0.15) is 0 Å². The van der Waals surface area contributed by atoms with Crippen LogP contribution >= 0.6 is 11.6 Å². The Morgan fingerprint density at radius 3 is 2.85 bits per heavy atom. The lowest BCUT2D eigenvalue weighted by Gasteiger charge is -2.07. The van der Waals surface area contributed by atoms with Crippen molar-refractivity contribution in [3.8, 4) is 11.5 Å². The Labute approximate surface area is 82.4 Å². The van der Waals surface area contributed by atoms with Gasteiger partial charge in [-0.1, -0.05) is 24.3 Å². The van der Waals surface area contributed by atoms with E-state index in [4.69, 9.17) is 16.3 Å². The van der Waals surface area contributed by atoms with Gasteiger partial charge in [0, 0.05) is 6.07 Å². The second-order valence-electron chi connectivity index (χ2n) is 2.48. The molecular weight excluding hydrogens is 188 g/mol. The zero-order valence-corrected chi connectivity index (χ0v) is 8.14. The molecule has 0 aliphatic rings. The van der Waals surface area contributed by atoms with Crippen molar-refractivity contribution in [2.24, 2.45) is 0 Å². The van der Waals surface area contributed by atoms with Crippen molar-refractivity contribution in [1.29, 1.82) is 0 Å². The van der Waals surface area contributed by atoms with Crippen LogP contribution in [-0.4, -0.2) is 11.7 Å². The number of hydrogen-bond donors (Lipinski definition) is 1. The van der Waals surface area contributed by atoms with Crippen LogP contribution in [0.3, 0.4) is 0 Å². The monoisotopic (exact) mass is 198 g/mol. The zero-order chi connectivity index (χ0) is 9.84. The number of phenolic OH excluding ortho intramolecular Hbond substituents is 1. The Hall–Kier alpha value is -1.15. The fourth-order valence-electron chi connectivity index (χ4n) is 0.986. The molecule has 0 heterocycles. The van der Waals surface area contributed by atoms with Crippen molar-refractivity contribution in [2.75, 3.05) is 6.61 Å². The van der Waals surface area contributed by atoms with E-state index in [1.54, 1.807) is 12.1 Å². The smallest absolute Gasteiger partial charge is 0.161 e. The fraction of sp³-hybridized carbons (Fsp3) is 0.200. The summed E-state index contributed by atoms with van der Waals surface area (Å²) in [5.41, 5.74) is 0.753. The lowest BCUT2D eigenvalue weighted by atomic mass is 10.2. The van der Waals surface area contributed by atoms with Crippen molar-refractivity contribution in [3.05, 3.63) is 29.3 Å². The predicted octanol–water partition coefficient (Wildman–Crippen LogP) is 3.09. The molecule has 1 aromatic rings. The van der Waals surface area contributed by atoms with E-state index in [1.165, 1.54) is 6.07 Å². The molecule has 1 rings (SSSR count). The number of benzene rings is 1. The van der Waals surface area contributed by atoms with E-state index in [0.717, 1.165) is 5.56 Å². The van der Waals surface area contributed by atoms with E-state index in [2.05, 4.69) is 6.58 Å². The molecule has 0 fully saturated rings. The number of halogens is 1. The molecule has 0 aliphatic carbocycles. The summed E-state index contributed by atoms with van der Waals surface area (Å²) >= 11 is 5.81. The molecule has 13 heavy (non-hydrogen) atoms. The molecule has 0 bridgehead atoms. The van der Waals surface area contributed by atoms with Crippen molar-refractivity contribution in [3.63, 3.8) is 0 Å². The van der Waals surface area contributed by atoms with Crippen LogP contribution in [0, 0.1) is 0 Å². The van der Waals surface area contributed by atoms with E-state index in [1.807, 2.05) is 6.92 Å². The first-order chi connectivity index (χ1) is 6.19. The van der Waals surface area contributed by atoms with Gasteiger partial charge in [0.15, 0.2) is 11.5 Å². The molecule has 0 saturated heterocycles. The van der Waals surface area contributed by atoms with Crippen LogP contribution in [0.25, 0.3) is 6.08 Å². The second-order valence-corrected chi connectivity index (χ2v) is 2.89. The molecule has 0 amide bonds. The summed E-state index contributed by atoms with van der Waals surface area (Å²) in [4.78, 5) is 0. The third kappa shape index (κ3) is 2.16. The topological polar surface area (TPSA) is 29.5 Å². The summed E-state index contributed by atoms with van der Waals surface area (Å²) in [5, 5.41) is 9.87. The molecule has 2 nitrogen and oxygen atoms in total. The Kier molecular flexibility index (Phi) is 3.20. The highest BCUT2D eigenvalue weighted by Crippen LogP contribution is 2.32. The first-order valence-electron chi connectivity index (χ1n) is 3.96. The molecule has 1 N–H and O–H groups in total. The van der Waals surface area contributed by atoms with Crippen LogP contribution in [0.15, 0.2) is 18.7 Å². The quantitative estimate of drug-likeness (QED) is 0.809. The standard InChI is InChI=1S/C10H11ClO2/c1-3-7-5-10(13-4-2)9(12)6-8(7)11/h3,5-6,12H,1,4H2,2H3. The largest absolute Gasteiger partial charge is 0.504 e. The van der Waals surface area contributed by atoms with Crippen LogP contribution in [0.4, 0.5) is 0 Å². The first-order valence-corrected chi connectivity index (χ1v) is 4.34. The number of ether oxygens (including phenoxy) is 1. The zero-order valence-electron chi connectivity index (χ0n) is 7.38. The summed E-state index contributed by atoms with van der Waals surface area (Å²) < 4.78 is 5.18. The van der Waals surface area contributed by atoms with Gasteiger partial charge in [0.25, 0.3) is 0 Å². The maximum atomic E-state index is 9.40. The summed E-state index contributed by atoms with van der Waals surface area (Å²) in [5.74, 6) is 0.485. The lowest BCUT2D eigenvalue weighted by Crippen LogP contribution is -1.92. The van der Waals surface area contributed by atoms with Crippen molar-refractivity contribution in [2.45, 2.75) is 6.92 Å². The van der Waals surface area contributed by atoms with Gasteiger partial charge in [-0.25, -0.2) is 0 Å². The normalized spacial score (nSPS) is 9.69. The summed E-state index contributed by atoms with van der Waals surface area (Å²) in [6.07, 6.45) is 1.62. The maximum Gasteiger partial charge on any atom is 0.161 e. The van der Waals surface area contributed by atoms with Gasteiger partial charge in [-0.3, -0.25) is 0 Å². The van der Waals surface area contributed by atoms with E-state index in [9.17, 15) is 5.11 Å². The highest BCUT2D eigenvalue weighted by Gasteiger charge is 2.05. The van der Waals surface area contributed by atoms with Crippen molar-refractivity contribution in [1.82, 2.24) is 0 Å². The molecular formula is C10H11ClO2. The minimum atomic E-state index is 0.0532. The summed E-state index contributed by atoms with van der Waals surface area (Å²) in [7, 11) is 0. The second kappa shape index (κ2) is 4.19. The third-order valence-electron chi connectivity index (χ3n) is 1.60. The molecule has 0 atom stereocenters. The lowest BCUT2D eigenvalue weighted by molar-refractivity contribution is 0.318. The minimum absolute atomic E-state index is 0.0532. The molecule has 1 aromatic carbocycles. The highest BCUT2D eigenvalue weighted by molar-refractivity contribution is 6.32. The van der Waals surface area contributed by atoms with Crippen molar-refractivity contribution < 1.29 is 9.84 Å². The fourth-order valence-corrected chi connectivity index (χ4v) is 1.22. The number of aromatic hydroxyl groups is 1. The van der Waals surface area contributed by atoms with E-state index in [0.29, 0.717) is 17.4 Å². The SMILES string of the molecule is C=Cc1cc(OCC)c(O)cc1Cl. The van der Waals surface area contributed by atoms with E-state index < -0.39 is 0 Å². The van der Waals surface area contributed by atoms with Gasteiger partial charge >= 0.3 is 0 Å². The third-order valence-corrected chi connectivity index (χ3v) is 1.93. The Morgan fingerprint density at radius 1 is 1.62 bits per heavy atom. The number of hydrogen-bond acceptors (Lipinski definition) is 2. The Balaban J connectivity index is 3.14. The molecule has 0 saturated carbocycles. The molecule has 0 spiro atoms. The van der Waals surface area contributed by atoms with Gasteiger partial charge < -0.3 is 9.84 Å². The predicted molar refractivity (Wildman–Crippen MR) is 54.4 cm³/mol. The minimum Gasteiger partial charge on any atom is -0.504 e. The van der Waals surface area contributed by atoms with Gasteiger partial charge in [-0.2, -0.15) is 0 Å². The van der Waals surface area contributed by atoms with Crippen LogP contribution < -0.4 is 4.74 Å². The molecule has 70 valence electrons. The maximum absolute atomic E-state index is 9.40. The van der Waals surface area contributed by atoms with Crippen molar-refractivity contribution >= 4 is 17.7 Å². The van der Waals surface area contributed by atoms with Crippen LogP contribution in [-0.2, 0) is 0 Å². The highest BCUT2D eigenvalue weighted by atomic mass is 35.5. The van der Waals surface area contributed by atoms with Crippen LogP contribution in [0.5, 0.6) is 11.5 Å². The van der Waals surface area contributed by atoms with Crippen LogP contribution in [0.1, 0.15) is 12.5 Å².